The number of anilines is 2. The van der Waals surface area contributed by atoms with Gasteiger partial charge in [-0.15, -0.1) is 0 Å². The van der Waals surface area contributed by atoms with Crippen LogP contribution in [0.5, 0.6) is 0 Å². The van der Waals surface area contributed by atoms with Gasteiger partial charge in [-0.1, -0.05) is 25.4 Å². The number of alkyl halides is 3. The molecule has 0 unspecified atom stereocenters. The summed E-state index contributed by atoms with van der Waals surface area (Å²) in [6.45, 7) is 4.03. The molecule has 10 heteroatoms. The number of hydrogen-bond acceptors (Lipinski definition) is 3. The first kappa shape index (κ1) is 21.6. The predicted molar refractivity (Wildman–Crippen MR) is 106 cm³/mol. The third-order valence-electron chi connectivity index (χ3n) is 4.31. The molecule has 1 aliphatic heterocycles. The fourth-order valence-electron chi connectivity index (χ4n) is 3.01. The minimum Gasteiger partial charge on any atom is -0.308 e. The first-order valence-electron chi connectivity index (χ1n) is 8.92. The van der Waals surface area contributed by atoms with Crippen molar-refractivity contribution in [3.63, 3.8) is 0 Å². The average molecular weight is 440 g/mol. The number of halogens is 4. The summed E-state index contributed by atoms with van der Waals surface area (Å²) in [5.74, 6) is -0.766. The van der Waals surface area contributed by atoms with Crippen molar-refractivity contribution in [2.75, 3.05) is 17.2 Å². The molecule has 0 aromatic heterocycles. The van der Waals surface area contributed by atoms with Crippen LogP contribution in [0.15, 0.2) is 36.4 Å². The lowest BCUT2D eigenvalue weighted by molar-refractivity contribution is -0.137. The molecule has 0 bridgehead atoms. The fraction of sp³-hybridized carbons (Fsp3) is 0.250. The number of nitrogens with zero attached hydrogens (tertiary/aromatic N) is 1. The highest BCUT2D eigenvalue weighted by Crippen LogP contribution is 2.36. The van der Waals surface area contributed by atoms with Gasteiger partial charge in [-0.3, -0.25) is 14.5 Å². The lowest BCUT2D eigenvalue weighted by Crippen LogP contribution is -2.33. The number of rotatable bonds is 4. The Bertz CT molecular complexity index is 1040. The molecular formula is C20H17ClF3N3O3. The van der Waals surface area contributed by atoms with Gasteiger partial charge in [0.2, 0.25) is 0 Å². The number of fused-ring (bicyclic) bond motifs is 1. The summed E-state index contributed by atoms with van der Waals surface area (Å²) in [6.07, 6.45) is -4.67. The summed E-state index contributed by atoms with van der Waals surface area (Å²) < 4.78 is 38.8. The Morgan fingerprint density at radius 3 is 2.17 bits per heavy atom. The Morgan fingerprint density at radius 1 is 1.00 bits per heavy atom. The van der Waals surface area contributed by atoms with E-state index in [0.717, 1.165) is 17.0 Å². The van der Waals surface area contributed by atoms with Crippen molar-refractivity contribution < 1.29 is 27.6 Å². The van der Waals surface area contributed by atoms with Crippen LogP contribution in [0.2, 0.25) is 5.02 Å². The number of carbonyl (C=O) groups excluding carboxylic acids is 3. The highest BCUT2D eigenvalue weighted by atomic mass is 35.5. The monoisotopic (exact) mass is 439 g/mol. The molecule has 0 saturated carbocycles. The Kier molecular flexibility index (Phi) is 5.76. The van der Waals surface area contributed by atoms with Crippen molar-refractivity contribution in [3.8, 4) is 0 Å². The molecule has 0 aliphatic carbocycles. The Balaban J connectivity index is 1.75. The van der Waals surface area contributed by atoms with Gasteiger partial charge in [-0.25, -0.2) is 4.79 Å². The minimum absolute atomic E-state index is 0.0940. The third kappa shape index (κ3) is 4.40. The first-order chi connectivity index (χ1) is 14.0. The van der Waals surface area contributed by atoms with Crippen LogP contribution in [0.1, 0.15) is 40.1 Å². The summed E-state index contributed by atoms with van der Waals surface area (Å²) in [7, 11) is 0. The van der Waals surface area contributed by atoms with Gasteiger partial charge in [0.1, 0.15) is 0 Å². The molecule has 0 atom stereocenters. The summed E-state index contributed by atoms with van der Waals surface area (Å²) in [5, 5.41) is 4.23. The van der Waals surface area contributed by atoms with Crippen molar-refractivity contribution in [2.24, 2.45) is 5.92 Å². The van der Waals surface area contributed by atoms with Crippen molar-refractivity contribution in [3.05, 3.63) is 58.1 Å². The topological polar surface area (TPSA) is 78.5 Å². The second-order valence-corrected chi connectivity index (χ2v) is 7.55. The highest BCUT2D eigenvalue weighted by molar-refractivity contribution is 6.31. The minimum atomic E-state index is -4.67. The fourth-order valence-corrected chi connectivity index (χ4v) is 3.24. The summed E-state index contributed by atoms with van der Waals surface area (Å²) in [6, 6.07) is 6.38. The third-order valence-corrected chi connectivity index (χ3v) is 4.64. The van der Waals surface area contributed by atoms with Gasteiger partial charge in [0.05, 0.1) is 21.7 Å². The van der Waals surface area contributed by atoms with E-state index in [2.05, 4.69) is 10.6 Å². The number of amides is 4. The van der Waals surface area contributed by atoms with Crippen LogP contribution in [0.4, 0.5) is 29.3 Å². The molecule has 0 spiro atoms. The summed E-state index contributed by atoms with van der Waals surface area (Å²) in [4.78, 5) is 38.2. The maximum atomic E-state index is 12.9. The zero-order valence-electron chi connectivity index (χ0n) is 15.9. The molecule has 2 N–H and O–H groups in total. The van der Waals surface area contributed by atoms with Crippen molar-refractivity contribution in [1.29, 1.82) is 0 Å². The van der Waals surface area contributed by atoms with Crippen LogP contribution in [-0.2, 0) is 6.18 Å². The number of imide groups is 1. The van der Waals surface area contributed by atoms with Crippen molar-refractivity contribution >= 4 is 40.8 Å². The number of hydrogen-bond donors (Lipinski definition) is 2. The molecule has 6 nitrogen and oxygen atoms in total. The van der Waals surface area contributed by atoms with Crippen LogP contribution >= 0.6 is 11.6 Å². The van der Waals surface area contributed by atoms with Gasteiger partial charge in [-0.2, -0.15) is 13.2 Å². The van der Waals surface area contributed by atoms with E-state index in [-0.39, 0.29) is 35.0 Å². The number of carbonyl (C=O) groups is 3. The van der Waals surface area contributed by atoms with Gasteiger partial charge in [0, 0.05) is 17.9 Å². The Labute approximate surface area is 175 Å². The molecule has 2 aromatic carbocycles. The quantitative estimate of drug-likeness (QED) is 0.638. The second-order valence-electron chi connectivity index (χ2n) is 7.15. The van der Waals surface area contributed by atoms with Crippen molar-refractivity contribution in [1.82, 2.24) is 4.90 Å². The maximum absolute atomic E-state index is 12.9. The predicted octanol–water partition coefficient (Wildman–Crippen LogP) is 5.25. The van der Waals surface area contributed by atoms with Gasteiger partial charge >= 0.3 is 12.2 Å². The highest BCUT2D eigenvalue weighted by Gasteiger charge is 2.36. The summed E-state index contributed by atoms with van der Waals surface area (Å²) >= 11 is 5.56. The first-order valence-corrected chi connectivity index (χ1v) is 9.30. The van der Waals surface area contributed by atoms with E-state index in [1.54, 1.807) is 0 Å². The smallest absolute Gasteiger partial charge is 0.308 e. The van der Waals surface area contributed by atoms with E-state index < -0.39 is 34.6 Å². The zero-order valence-corrected chi connectivity index (χ0v) is 16.7. The number of benzene rings is 2. The molecule has 0 radical (unpaired) electrons. The van der Waals surface area contributed by atoms with Gasteiger partial charge in [0.25, 0.3) is 11.8 Å². The molecule has 2 aromatic rings. The van der Waals surface area contributed by atoms with Crippen molar-refractivity contribution in [2.45, 2.75) is 20.0 Å². The molecule has 0 fully saturated rings. The van der Waals surface area contributed by atoms with E-state index in [1.807, 2.05) is 13.8 Å². The van der Waals surface area contributed by atoms with E-state index in [0.29, 0.717) is 0 Å². The summed E-state index contributed by atoms with van der Waals surface area (Å²) in [5.41, 5.74) is -0.583. The molecule has 4 amide bonds. The van der Waals surface area contributed by atoms with E-state index in [9.17, 15) is 27.6 Å². The lowest BCUT2D eigenvalue weighted by atomic mass is 10.1. The molecule has 0 saturated heterocycles. The standard InChI is InChI=1S/C20H17ClF3N3O3/c1-10(2)9-27-17(28)13-5-3-11(7-14(13)18(27)29)25-19(30)26-12-4-6-16(21)15(8-12)20(22,23)24/h3-8,10H,9H2,1-2H3,(H2,25,26,30). The molecule has 1 heterocycles. The van der Waals surface area contributed by atoms with Crippen LogP contribution in [0.25, 0.3) is 0 Å². The van der Waals surface area contributed by atoms with Gasteiger partial charge < -0.3 is 10.6 Å². The average Bonchev–Trinajstić information content (AvgIpc) is 2.86. The van der Waals surface area contributed by atoms with Crippen LogP contribution in [0.3, 0.4) is 0 Å². The molecule has 3 rings (SSSR count). The maximum Gasteiger partial charge on any atom is 0.417 e. The van der Waals surface area contributed by atoms with Gasteiger partial charge in [0.15, 0.2) is 0 Å². The molecule has 30 heavy (non-hydrogen) atoms. The lowest BCUT2D eigenvalue weighted by Gasteiger charge is -2.15. The zero-order chi connectivity index (χ0) is 22.2. The Morgan fingerprint density at radius 2 is 1.57 bits per heavy atom. The molecule has 1 aliphatic rings. The largest absolute Gasteiger partial charge is 0.417 e. The normalized spacial score (nSPS) is 13.6. The van der Waals surface area contributed by atoms with Crippen LogP contribution in [0, 0.1) is 5.92 Å². The van der Waals surface area contributed by atoms with E-state index >= 15 is 0 Å². The SMILES string of the molecule is CC(C)CN1C(=O)c2ccc(NC(=O)Nc3ccc(Cl)c(C(F)(F)F)c3)cc2C1=O. The number of nitrogens with one attached hydrogen (secondary N) is 2. The molecular weight excluding hydrogens is 423 g/mol. The molecule has 158 valence electrons. The van der Waals surface area contributed by atoms with Crippen LogP contribution in [-0.4, -0.2) is 29.3 Å². The Hall–Kier alpha value is -3.07. The second kappa shape index (κ2) is 7.98. The number of urea groups is 1. The van der Waals surface area contributed by atoms with Crippen LogP contribution < -0.4 is 10.6 Å². The van der Waals surface area contributed by atoms with Gasteiger partial charge in [-0.05, 0) is 42.3 Å². The van der Waals surface area contributed by atoms with E-state index in [4.69, 9.17) is 11.6 Å². The van der Waals surface area contributed by atoms with E-state index in [1.165, 1.54) is 24.3 Å².